The summed E-state index contributed by atoms with van der Waals surface area (Å²) in [6.07, 6.45) is 13.7. The average molecular weight is 357 g/mol. The summed E-state index contributed by atoms with van der Waals surface area (Å²) < 4.78 is 0. The lowest BCUT2D eigenvalue weighted by Crippen LogP contribution is -2.44. The largest absolute Gasteiger partial charge is 0.295 e. The van der Waals surface area contributed by atoms with Crippen molar-refractivity contribution in [2.24, 2.45) is 11.3 Å². The lowest BCUT2D eigenvalue weighted by Gasteiger charge is -2.48. The van der Waals surface area contributed by atoms with Crippen LogP contribution >= 0.6 is 0 Å². The molecule has 0 aromatic carbocycles. The molecule has 1 aliphatic heterocycles. The summed E-state index contributed by atoms with van der Waals surface area (Å²) in [6, 6.07) is 2.45. The standard InChI is InChI=1S/C21H31N3O2/c1-2-18-11-19-17(10-16(12-22-19)20(25)23-26)14-24(18)13-15-4-8-21(9-5-15)6-3-7-21/h10,12,15,18,26H,2-9,11,13-14H2,1H3,(H,23,25)/t18-/m0/s1. The molecule has 5 heteroatoms. The van der Waals surface area contributed by atoms with Gasteiger partial charge < -0.3 is 0 Å². The molecule has 1 aromatic heterocycles. The molecule has 2 aliphatic carbocycles. The zero-order valence-corrected chi connectivity index (χ0v) is 15.8. The van der Waals surface area contributed by atoms with Crippen LogP contribution in [-0.2, 0) is 13.0 Å². The van der Waals surface area contributed by atoms with E-state index < -0.39 is 5.91 Å². The van der Waals surface area contributed by atoms with E-state index in [0.717, 1.165) is 42.0 Å². The maximum absolute atomic E-state index is 11.7. The van der Waals surface area contributed by atoms with Gasteiger partial charge in [0.15, 0.2) is 0 Å². The second kappa shape index (κ2) is 7.28. The van der Waals surface area contributed by atoms with Crippen molar-refractivity contribution in [1.82, 2.24) is 15.4 Å². The molecule has 2 N–H and O–H groups in total. The number of hydroxylamine groups is 1. The first-order valence-electron chi connectivity index (χ1n) is 10.3. The molecule has 142 valence electrons. The van der Waals surface area contributed by atoms with Crippen LogP contribution in [0.1, 0.15) is 79.9 Å². The van der Waals surface area contributed by atoms with E-state index in [1.165, 1.54) is 51.5 Å². The number of nitrogens with zero attached hydrogens (tertiary/aromatic N) is 2. The van der Waals surface area contributed by atoms with Gasteiger partial charge in [-0.1, -0.05) is 13.3 Å². The van der Waals surface area contributed by atoms with E-state index in [4.69, 9.17) is 5.21 Å². The topological polar surface area (TPSA) is 65.5 Å². The van der Waals surface area contributed by atoms with Crippen LogP contribution in [0.15, 0.2) is 12.3 Å². The van der Waals surface area contributed by atoms with E-state index >= 15 is 0 Å². The molecule has 26 heavy (non-hydrogen) atoms. The molecule has 2 fully saturated rings. The van der Waals surface area contributed by atoms with Gasteiger partial charge in [0.25, 0.3) is 5.91 Å². The fraction of sp³-hybridized carbons (Fsp3) is 0.714. The molecule has 1 aromatic rings. The van der Waals surface area contributed by atoms with E-state index in [9.17, 15) is 4.79 Å². The summed E-state index contributed by atoms with van der Waals surface area (Å²) >= 11 is 0. The van der Waals surface area contributed by atoms with Crippen molar-refractivity contribution in [3.63, 3.8) is 0 Å². The lowest BCUT2D eigenvalue weighted by molar-refractivity contribution is 0.0361. The number of carbonyl (C=O) groups excluding carboxylic acids is 1. The third-order valence-corrected chi connectivity index (χ3v) is 7.29. The molecule has 1 spiro atoms. The number of nitrogens with one attached hydrogen (secondary N) is 1. The molecule has 0 unspecified atom stereocenters. The van der Waals surface area contributed by atoms with Gasteiger partial charge in [0.2, 0.25) is 0 Å². The Morgan fingerprint density at radius 1 is 1.35 bits per heavy atom. The van der Waals surface area contributed by atoms with Crippen LogP contribution in [0.5, 0.6) is 0 Å². The fourth-order valence-electron chi connectivity index (χ4n) is 5.35. The summed E-state index contributed by atoms with van der Waals surface area (Å²) in [6.45, 7) is 4.31. The van der Waals surface area contributed by atoms with Crippen molar-refractivity contribution in [2.75, 3.05) is 6.54 Å². The first-order valence-corrected chi connectivity index (χ1v) is 10.3. The second-order valence-electron chi connectivity index (χ2n) is 8.76. The van der Waals surface area contributed by atoms with Gasteiger partial charge in [-0.2, -0.15) is 0 Å². The minimum atomic E-state index is -0.484. The molecule has 1 amide bonds. The molecule has 2 heterocycles. The van der Waals surface area contributed by atoms with Gasteiger partial charge in [-0.25, -0.2) is 5.48 Å². The van der Waals surface area contributed by atoms with Crippen molar-refractivity contribution < 1.29 is 10.0 Å². The molecule has 2 saturated carbocycles. The van der Waals surface area contributed by atoms with Gasteiger partial charge in [-0.3, -0.25) is 19.9 Å². The zero-order valence-electron chi connectivity index (χ0n) is 15.8. The second-order valence-corrected chi connectivity index (χ2v) is 8.76. The number of pyridine rings is 1. The highest BCUT2D eigenvalue weighted by Gasteiger charge is 2.40. The fourth-order valence-corrected chi connectivity index (χ4v) is 5.35. The third kappa shape index (κ3) is 3.39. The van der Waals surface area contributed by atoms with Crippen molar-refractivity contribution >= 4 is 5.91 Å². The van der Waals surface area contributed by atoms with Crippen molar-refractivity contribution in [1.29, 1.82) is 0 Å². The minimum Gasteiger partial charge on any atom is -0.295 e. The Labute approximate surface area is 156 Å². The maximum Gasteiger partial charge on any atom is 0.276 e. The Morgan fingerprint density at radius 3 is 2.73 bits per heavy atom. The van der Waals surface area contributed by atoms with Crippen molar-refractivity contribution in [3.05, 3.63) is 29.1 Å². The SMILES string of the molecule is CC[C@H]1Cc2ncc(C(=O)NO)cc2CN1CC1CCC2(CCC2)CC1. The Kier molecular flexibility index (Phi) is 5.02. The predicted octanol–water partition coefficient (Wildman–Crippen LogP) is 3.70. The first-order chi connectivity index (χ1) is 12.6. The van der Waals surface area contributed by atoms with Crippen LogP contribution in [0, 0.1) is 11.3 Å². The number of hydrogen-bond donors (Lipinski definition) is 2. The van der Waals surface area contributed by atoms with Gasteiger partial charge in [0.05, 0.1) is 5.56 Å². The minimum absolute atomic E-state index is 0.436. The highest BCUT2D eigenvalue weighted by atomic mass is 16.5. The van der Waals surface area contributed by atoms with Gasteiger partial charge in [0, 0.05) is 37.4 Å². The highest BCUT2D eigenvalue weighted by Crippen LogP contribution is 2.52. The average Bonchev–Trinajstić information content (AvgIpc) is 2.65. The number of fused-ring (bicyclic) bond motifs is 1. The molecule has 0 radical (unpaired) electrons. The predicted molar refractivity (Wildman–Crippen MR) is 99.9 cm³/mol. The zero-order chi connectivity index (χ0) is 18.1. The summed E-state index contributed by atoms with van der Waals surface area (Å²) in [5, 5.41) is 8.87. The summed E-state index contributed by atoms with van der Waals surface area (Å²) in [5.41, 5.74) is 5.13. The van der Waals surface area contributed by atoms with Crippen LogP contribution in [-0.4, -0.2) is 33.6 Å². The van der Waals surface area contributed by atoms with Gasteiger partial charge in [-0.05, 0) is 67.9 Å². The highest BCUT2D eigenvalue weighted by molar-refractivity contribution is 5.93. The molecule has 3 aliphatic rings. The van der Waals surface area contributed by atoms with E-state index in [1.54, 1.807) is 11.7 Å². The third-order valence-electron chi connectivity index (χ3n) is 7.29. The van der Waals surface area contributed by atoms with Gasteiger partial charge >= 0.3 is 0 Å². The lowest BCUT2D eigenvalue weighted by atomic mass is 9.59. The molecular weight excluding hydrogens is 326 g/mol. The number of hydrogen-bond acceptors (Lipinski definition) is 4. The van der Waals surface area contributed by atoms with Gasteiger partial charge in [0.1, 0.15) is 0 Å². The Morgan fingerprint density at radius 2 is 2.12 bits per heavy atom. The number of carbonyl (C=O) groups is 1. The number of aromatic nitrogens is 1. The van der Waals surface area contributed by atoms with E-state index in [-0.39, 0.29) is 0 Å². The van der Waals surface area contributed by atoms with Crippen LogP contribution in [0.4, 0.5) is 0 Å². The number of amides is 1. The van der Waals surface area contributed by atoms with Crippen LogP contribution in [0.3, 0.4) is 0 Å². The van der Waals surface area contributed by atoms with E-state index in [2.05, 4.69) is 16.8 Å². The molecule has 0 bridgehead atoms. The van der Waals surface area contributed by atoms with Crippen molar-refractivity contribution in [3.8, 4) is 0 Å². The van der Waals surface area contributed by atoms with Gasteiger partial charge in [-0.15, -0.1) is 0 Å². The molecule has 4 rings (SSSR count). The maximum atomic E-state index is 11.7. The van der Waals surface area contributed by atoms with E-state index in [1.807, 2.05) is 6.07 Å². The molecule has 1 atom stereocenters. The van der Waals surface area contributed by atoms with Crippen molar-refractivity contribution in [2.45, 2.75) is 77.3 Å². The Balaban J connectivity index is 1.44. The first kappa shape index (κ1) is 17.9. The summed E-state index contributed by atoms with van der Waals surface area (Å²) in [7, 11) is 0. The molecule has 5 nitrogen and oxygen atoms in total. The smallest absolute Gasteiger partial charge is 0.276 e. The monoisotopic (exact) mass is 357 g/mol. The Hall–Kier alpha value is -1.46. The Bertz CT molecular complexity index is 661. The quantitative estimate of drug-likeness (QED) is 0.637. The summed E-state index contributed by atoms with van der Waals surface area (Å²) in [4.78, 5) is 18.8. The van der Waals surface area contributed by atoms with Crippen LogP contribution in [0.25, 0.3) is 0 Å². The number of rotatable bonds is 4. The summed E-state index contributed by atoms with van der Waals surface area (Å²) in [5.74, 6) is 0.330. The van der Waals surface area contributed by atoms with E-state index in [0.29, 0.717) is 11.6 Å². The molecular formula is C21H31N3O2. The molecule has 0 saturated heterocycles. The normalized spacial score (nSPS) is 25.5. The van der Waals surface area contributed by atoms with Crippen LogP contribution < -0.4 is 5.48 Å². The van der Waals surface area contributed by atoms with Crippen LogP contribution in [0.2, 0.25) is 0 Å².